The quantitative estimate of drug-likeness (QED) is 0.353. The lowest BCUT2D eigenvalue weighted by Crippen LogP contribution is -2.24. The highest BCUT2D eigenvalue weighted by molar-refractivity contribution is 5.96. The summed E-state index contributed by atoms with van der Waals surface area (Å²) in [5, 5.41) is 11.2. The van der Waals surface area contributed by atoms with Gasteiger partial charge in [0.15, 0.2) is 17.3 Å². The van der Waals surface area contributed by atoms with E-state index in [1.54, 1.807) is 56.3 Å². The lowest BCUT2D eigenvalue weighted by atomic mass is 9.92. The van der Waals surface area contributed by atoms with Crippen LogP contribution in [0.15, 0.2) is 48.5 Å². The van der Waals surface area contributed by atoms with Gasteiger partial charge in [-0.05, 0) is 95.1 Å². The van der Waals surface area contributed by atoms with Crippen LogP contribution in [0, 0.1) is 12.7 Å². The second kappa shape index (κ2) is 10.7. The predicted octanol–water partition coefficient (Wildman–Crippen LogP) is 6.26. The number of hydrogen-bond donors (Lipinski definition) is 1. The fourth-order valence-electron chi connectivity index (χ4n) is 3.79. The van der Waals surface area contributed by atoms with Crippen LogP contribution in [0.4, 0.5) is 4.39 Å². The molecule has 1 N–H and O–H groups in total. The molecule has 1 aromatic heterocycles. The van der Waals surface area contributed by atoms with Crippen molar-refractivity contribution in [2.75, 3.05) is 14.2 Å². The number of pyridine rings is 1. The Morgan fingerprint density at radius 2 is 1.61 bits per heavy atom. The molecule has 3 rings (SSSR count). The third-order valence-corrected chi connectivity index (χ3v) is 5.80. The Bertz CT molecular complexity index is 1250. The van der Waals surface area contributed by atoms with E-state index in [2.05, 4.69) is 4.98 Å². The van der Waals surface area contributed by atoms with Gasteiger partial charge in [-0.15, -0.1) is 0 Å². The number of benzene rings is 2. The first kappa shape index (κ1) is 27.1. The van der Waals surface area contributed by atoms with E-state index in [-0.39, 0.29) is 24.4 Å². The summed E-state index contributed by atoms with van der Waals surface area (Å²) in [4.78, 5) is 17.6. The molecular formula is C29H34FNO5. The molecule has 6 nitrogen and oxygen atoms in total. The predicted molar refractivity (Wildman–Crippen MR) is 137 cm³/mol. The summed E-state index contributed by atoms with van der Waals surface area (Å²) in [5.74, 6) is 1.08. The highest BCUT2D eigenvalue weighted by Crippen LogP contribution is 2.35. The summed E-state index contributed by atoms with van der Waals surface area (Å²) in [5.41, 5.74) is 0.703. The summed E-state index contributed by atoms with van der Waals surface area (Å²) in [6, 6.07) is 13.1. The maximum atomic E-state index is 13.8. The average Bonchev–Trinajstić information content (AvgIpc) is 2.83. The first-order valence-electron chi connectivity index (χ1n) is 11.8. The number of halogens is 1. The van der Waals surface area contributed by atoms with Gasteiger partial charge < -0.3 is 19.3 Å². The molecule has 0 spiro atoms. The number of methoxy groups -OCH3 is 2. The molecule has 2 aromatic carbocycles. The number of aromatic nitrogens is 1. The Morgan fingerprint density at radius 3 is 2.22 bits per heavy atom. The molecule has 1 unspecified atom stereocenters. The van der Waals surface area contributed by atoms with Crippen LogP contribution in [0.5, 0.6) is 17.2 Å². The molecule has 0 aliphatic rings. The number of ketones is 1. The SMILES string of the molecule is COc1cc(C(=O)CCC(C)(O)c2ccc(OC)c(-c3ccc(F)c(C)c3)n2)ccc1OC(C)(C)C. The highest BCUT2D eigenvalue weighted by Gasteiger charge is 2.28. The maximum Gasteiger partial charge on any atom is 0.163 e. The summed E-state index contributed by atoms with van der Waals surface area (Å²) < 4.78 is 30.5. The first-order valence-corrected chi connectivity index (χ1v) is 11.8. The molecule has 0 bridgehead atoms. The summed E-state index contributed by atoms with van der Waals surface area (Å²) in [7, 11) is 3.05. The molecular weight excluding hydrogens is 461 g/mol. The molecule has 7 heteroatoms. The van der Waals surface area contributed by atoms with Gasteiger partial charge in [-0.3, -0.25) is 4.79 Å². The van der Waals surface area contributed by atoms with Crippen LogP contribution < -0.4 is 14.2 Å². The second-order valence-corrected chi connectivity index (χ2v) is 9.99. The van der Waals surface area contributed by atoms with Crippen LogP contribution in [-0.2, 0) is 5.60 Å². The van der Waals surface area contributed by atoms with E-state index in [4.69, 9.17) is 14.2 Å². The zero-order chi connectivity index (χ0) is 26.7. The summed E-state index contributed by atoms with van der Waals surface area (Å²) in [6.07, 6.45) is 0.240. The van der Waals surface area contributed by atoms with Crippen LogP contribution in [0.1, 0.15) is 62.2 Å². The Balaban J connectivity index is 1.81. The number of ether oxygens (including phenoxy) is 3. The van der Waals surface area contributed by atoms with Crippen molar-refractivity contribution in [2.24, 2.45) is 0 Å². The van der Waals surface area contributed by atoms with Crippen LogP contribution >= 0.6 is 0 Å². The Hall–Kier alpha value is -3.45. The molecule has 0 saturated carbocycles. The number of carbonyl (C=O) groups is 1. The summed E-state index contributed by atoms with van der Waals surface area (Å²) in [6.45, 7) is 9.10. The minimum atomic E-state index is -1.38. The monoisotopic (exact) mass is 495 g/mol. The van der Waals surface area contributed by atoms with Gasteiger partial charge in [0.25, 0.3) is 0 Å². The first-order chi connectivity index (χ1) is 16.8. The number of nitrogens with zero attached hydrogens (tertiary/aromatic N) is 1. The Morgan fingerprint density at radius 1 is 0.944 bits per heavy atom. The lowest BCUT2D eigenvalue weighted by molar-refractivity contribution is 0.0397. The fraction of sp³-hybridized carbons (Fsp3) is 0.379. The molecule has 0 radical (unpaired) electrons. The van der Waals surface area contributed by atoms with Gasteiger partial charge in [0.05, 0.1) is 19.9 Å². The fourth-order valence-corrected chi connectivity index (χ4v) is 3.79. The molecule has 0 aliphatic carbocycles. The normalized spacial score (nSPS) is 13.1. The van der Waals surface area contributed by atoms with Crippen LogP contribution in [-0.4, -0.2) is 35.7 Å². The maximum absolute atomic E-state index is 13.8. The van der Waals surface area contributed by atoms with Gasteiger partial charge in [-0.1, -0.05) is 0 Å². The molecule has 3 aromatic rings. The Labute approximate surface area is 212 Å². The van der Waals surface area contributed by atoms with Gasteiger partial charge in [0, 0.05) is 17.5 Å². The van der Waals surface area contributed by atoms with E-state index >= 15 is 0 Å². The second-order valence-electron chi connectivity index (χ2n) is 9.99. The van der Waals surface area contributed by atoms with E-state index in [1.807, 2.05) is 20.8 Å². The van der Waals surface area contributed by atoms with E-state index in [1.165, 1.54) is 20.3 Å². The van der Waals surface area contributed by atoms with Crippen molar-refractivity contribution >= 4 is 5.78 Å². The number of aliphatic hydroxyl groups is 1. The van der Waals surface area contributed by atoms with Crippen molar-refractivity contribution in [1.82, 2.24) is 4.98 Å². The van der Waals surface area contributed by atoms with Crippen molar-refractivity contribution in [2.45, 2.75) is 58.7 Å². The Kier molecular flexibility index (Phi) is 8.04. The van der Waals surface area contributed by atoms with Crippen molar-refractivity contribution in [3.05, 3.63) is 71.2 Å². The van der Waals surface area contributed by atoms with Crippen molar-refractivity contribution < 1.29 is 28.5 Å². The number of carbonyl (C=O) groups excluding carboxylic acids is 1. The molecule has 1 heterocycles. The van der Waals surface area contributed by atoms with E-state index in [9.17, 15) is 14.3 Å². The van der Waals surface area contributed by atoms with Crippen LogP contribution in [0.25, 0.3) is 11.3 Å². The molecule has 1 atom stereocenters. The molecule has 0 saturated heterocycles. The van der Waals surface area contributed by atoms with Gasteiger partial charge in [-0.25, -0.2) is 9.37 Å². The van der Waals surface area contributed by atoms with Crippen LogP contribution in [0.2, 0.25) is 0 Å². The smallest absolute Gasteiger partial charge is 0.163 e. The largest absolute Gasteiger partial charge is 0.494 e. The number of Topliss-reactive ketones (excluding diaryl/α,β-unsaturated/α-hetero) is 1. The minimum Gasteiger partial charge on any atom is -0.494 e. The zero-order valence-electron chi connectivity index (χ0n) is 21.9. The van der Waals surface area contributed by atoms with Crippen molar-refractivity contribution in [1.29, 1.82) is 0 Å². The third-order valence-electron chi connectivity index (χ3n) is 5.80. The molecule has 192 valence electrons. The topological polar surface area (TPSA) is 77.9 Å². The number of aryl methyl sites for hydroxylation is 1. The zero-order valence-corrected chi connectivity index (χ0v) is 21.9. The average molecular weight is 496 g/mol. The van der Waals surface area contributed by atoms with E-state index in [0.29, 0.717) is 45.3 Å². The minimum absolute atomic E-state index is 0.0916. The highest BCUT2D eigenvalue weighted by atomic mass is 19.1. The van der Waals surface area contributed by atoms with Gasteiger partial charge in [0.2, 0.25) is 0 Å². The van der Waals surface area contributed by atoms with Crippen molar-refractivity contribution in [3.8, 4) is 28.5 Å². The summed E-state index contributed by atoms with van der Waals surface area (Å²) >= 11 is 0. The standard InChI is InChI=1S/C29H34FNO5/c1-18-16-20(8-10-21(18)30)27-24(34-6)12-13-26(31-27)29(5,33)15-14-22(32)19-9-11-23(25(17-19)35-7)36-28(2,3)4/h8-13,16-17,33H,14-15H2,1-7H3. The molecule has 0 fully saturated rings. The van der Waals surface area contributed by atoms with Crippen molar-refractivity contribution in [3.63, 3.8) is 0 Å². The van der Waals surface area contributed by atoms with Gasteiger partial charge in [0.1, 0.15) is 28.5 Å². The molecule has 0 amide bonds. The molecule has 36 heavy (non-hydrogen) atoms. The molecule has 0 aliphatic heterocycles. The van der Waals surface area contributed by atoms with E-state index in [0.717, 1.165) is 0 Å². The van der Waals surface area contributed by atoms with E-state index < -0.39 is 11.2 Å². The van der Waals surface area contributed by atoms with Crippen LogP contribution in [0.3, 0.4) is 0 Å². The van der Waals surface area contributed by atoms with Gasteiger partial charge >= 0.3 is 0 Å². The lowest BCUT2D eigenvalue weighted by Gasteiger charge is -2.24. The number of rotatable bonds is 9. The third kappa shape index (κ3) is 6.40. The number of hydrogen-bond acceptors (Lipinski definition) is 6. The van der Waals surface area contributed by atoms with Gasteiger partial charge in [-0.2, -0.15) is 0 Å².